The molecule has 1 aromatic carbocycles. The van der Waals surface area contributed by atoms with E-state index >= 15 is 0 Å². The van der Waals surface area contributed by atoms with Gasteiger partial charge in [-0.1, -0.05) is 48.6 Å². The Bertz CT molecular complexity index is 1260. The Kier molecular flexibility index (Phi) is 5.22. The van der Waals surface area contributed by atoms with E-state index < -0.39 is 12.0 Å². The molecule has 0 fully saturated rings. The van der Waals surface area contributed by atoms with Crippen LogP contribution in [0.1, 0.15) is 30.5 Å². The van der Waals surface area contributed by atoms with Gasteiger partial charge in [0.15, 0.2) is 4.80 Å². The summed E-state index contributed by atoms with van der Waals surface area (Å²) in [6.45, 7) is 1.94. The molecule has 29 heavy (non-hydrogen) atoms. The fourth-order valence-electron chi connectivity index (χ4n) is 3.43. The molecule has 7 heteroatoms. The van der Waals surface area contributed by atoms with Crippen molar-refractivity contribution in [1.29, 1.82) is 0 Å². The van der Waals surface area contributed by atoms with Crippen LogP contribution in [0.4, 0.5) is 0 Å². The van der Waals surface area contributed by atoms with Crippen molar-refractivity contribution in [2.75, 3.05) is 7.11 Å². The number of aromatic nitrogens is 2. The lowest BCUT2D eigenvalue weighted by atomic mass is 9.95. The van der Waals surface area contributed by atoms with Crippen molar-refractivity contribution < 1.29 is 9.53 Å². The first kappa shape index (κ1) is 19.0. The molecular formula is C22H19N3O3S. The minimum Gasteiger partial charge on any atom is -0.466 e. The normalized spacial score (nSPS) is 16.3. The first-order valence-corrected chi connectivity index (χ1v) is 10.0. The van der Waals surface area contributed by atoms with Gasteiger partial charge in [0.2, 0.25) is 0 Å². The first-order valence-electron chi connectivity index (χ1n) is 9.22. The molecule has 3 heterocycles. The second kappa shape index (κ2) is 7.97. The summed E-state index contributed by atoms with van der Waals surface area (Å²) in [6.07, 6.45) is 5.74. The zero-order valence-electron chi connectivity index (χ0n) is 16.0. The Morgan fingerprint density at radius 3 is 2.59 bits per heavy atom. The Labute approximate surface area is 171 Å². The molecule has 0 amide bonds. The number of rotatable bonds is 4. The van der Waals surface area contributed by atoms with Gasteiger partial charge in [-0.2, -0.15) is 0 Å². The third-order valence-corrected chi connectivity index (χ3v) is 5.75. The number of hydrogen-bond acceptors (Lipinski definition) is 6. The van der Waals surface area contributed by atoms with Gasteiger partial charge in [-0.15, -0.1) is 0 Å². The van der Waals surface area contributed by atoms with Crippen LogP contribution < -0.4 is 14.9 Å². The maximum Gasteiger partial charge on any atom is 0.338 e. The molecule has 0 saturated carbocycles. The van der Waals surface area contributed by atoms with E-state index in [-0.39, 0.29) is 5.56 Å². The lowest BCUT2D eigenvalue weighted by Gasteiger charge is -2.25. The molecule has 0 unspecified atom stereocenters. The first-order chi connectivity index (χ1) is 14.1. The predicted octanol–water partition coefficient (Wildman–Crippen LogP) is 2.19. The van der Waals surface area contributed by atoms with Gasteiger partial charge >= 0.3 is 5.97 Å². The summed E-state index contributed by atoms with van der Waals surface area (Å²) < 4.78 is 7.20. The zero-order valence-corrected chi connectivity index (χ0v) is 16.8. The maximum atomic E-state index is 13.3. The molecular weight excluding hydrogens is 386 g/mol. The lowest BCUT2D eigenvalue weighted by Crippen LogP contribution is -2.40. The van der Waals surface area contributed by atoms with Crippen molar-refractivity contribution >= 4 is 23.4 Å². The van der Waals surface area contributed by atoms with Crippen LogP contribution in [0.15, 0.2) is 75.9 Å². The van der Waals surface area contributed by atoms with Gasteiger partial charge in [0.05, 0.1) is 29.0 Å². The SMILES string of the molecule is CCC1=C(C(=O)OC)[C@H](c2ccccc2)n2c(s/c(=C\c3ccncc3)c2=O)=N1. The van der Waals surface area contributed by atoms with Crippen molar-refractivity contribution in [2.24, 2.45) is 4.99 Å². The molecule has 1 atom stereocenters. The van der Waals surface area contributed by atoms with E-state index in [0.717, 1.165) is 11.1 Å². The Balaban J connectivity index is 2.01. The predicted molar refractivity (Wildman–Crippen MR) is 111 cm³/mol. The monoisotopic (exact) mass is 405 g/mol. The van der Waals surface area contributed by atoms with E-state index in [1.807, 2.05) is 55.5 Å². The van der Waals surface area contributed by atoms with Crippen LogP contribution in [0.2, 0.25) is 0 Å². The highest BCUT2D eigenvalue weighted by molar-refractivity contribution is 7.07. The average molecular weight is 405 g/mol. The number of thiazole rings is 1. The molecule has 0 spiro atoms. The molecule has 0 radical (unpaired) electrons. The van der Waals surface area contributed by atoms with Crippen LogP contribution in [0.3, 0.4) is 0 Å². The number of carbonyl (C=O) groups excluding carboxylic acids is 1. The van der Waals surface area contributed by atoms with Crippen molar-refractivity contribution in [3.8, 4) is 0 Å². The van der Waals surface area contributed by atoms with E-state index in [1.165, 1.54) is 18.4 Å². The Morgan fingerprint density at radius 2 is 1.93 bits per heavy atom. The molecule has 6 nitrogen and oxygen atoms in total. The summed E-state index contributed by atoms with van der Waals surface area (Å²) >= 11 is 1.32. The number of allylic oxidation sites excluding steroid dienone is 1. The second-order valence-corrected chi connectivity index (χ2v) is 7.49. The van der Waals surface area contributed by atoms with Gasteiger partial charge in [-0.3, -0.25) is 14.3 Å². The van der Waals surface area contributed by atoms with Crippen LogP contribution in [-0.2, 0) is 9.53 Å². The number of pyridine rings is 1. The summed E-state index contributed by atoms with van der Waals surface area (Å²) in [5.74, 6) is -0.470. The number of methoxy groups -OCH3 is 1. The van der Waals surface area contributed by atoms with Crippen LogP contribution in [0.5, 0.6) is 0 Å². The summed E-state index contributed by atoms with van der Waals surface area (Å²) in [4.78, 5) is 35.2. The van der Waals surface area contributed by atoms with Crippen LogP contribution in [-0.4, -0.2) is 22.6 Å². The summed E-state index contributed by atoms with van der Waals surface area (Å²) in [6, 6.07) is 12.6. The number of benzene rings is 1. The molecule has 3 aromatic rings. The number of esters is 1. The van der Waals surface area contributed by atoms with Gasteiger partial charge in [0.25, 0.3) is 5.56 Å². The lowest BCUT2D eigenvalue weighted by molar-refractivity contribution is -0.136. The Morgan fingerprint density at radius 1 is 1.21 bits per heavy atom. The summed E-state index contributed by atoms with van der Waals surface area (Å²) in [5.41, 5.74) is 2.58. The highest BCUT2D eigenvalue weighted by atomic mass is 32.1. The molecule has 1 aliphatic rings. The summed E-state index contributed by atoms with van der Waals surface area (Å²) in [5, 5.41) is 0. The van der Waals surface area contributed by atoms with Crippen molar-refractivity contribution in [3.63, 3.8) is 0 Å². The molecule has 0 bridgehead atoms. The molecule has 0 N–H and O–H groups in total. The number of carbonyl (C=O) groups is 1. The molecule has 1 aliphatic heterocycles. The number of ether oxygens (including phenoxy) is 1. The van der Waals surface area contributed by atoms with Crippen molar-refractivity contribution in [1.82, 2.24) is 9.55 Å². The second-order valence-electron chi connectivity index (χ2n) is 6.48. The van der Waals surface area contributed by atoms with E-state index in [4.69, 9.17) is 4.74 Å². The summed E-state index contributed by atoms with van der Waals surface area (Å²) in [7, 11) is 1.35. The highest BCUT2D eigenvalue weighted by Crippen LogP contribution is 2.31. The topological polar surface area (TPSA) is 73.6 Å². The largest absolute Gasteiger partial charge is 0.466 e. The minimum atomic E-state index is -0.575. The molecule has 0 saturated heterocycles. The number of hydrogen-bond donors (Lipinski definition) is 0. The van der Waals surface area contributed by atoms with Crippen molar-refractivity contribution in [2.45, 2.75) is 19.4 Å². The van der Waals surface area contributed by atoms with Crippen LogP contribution >= 0.6 is 11.3 Å². The quantitative estimate of drug-likeness (QED) is 0.624. The highest BCUT2D eigenvalue weighted by Gasteiger charge is 2.33. The van der Waals surface area contributed by atoms with E-state index in [1.54, 1.807) is 17.0 Å². The zero-order chi connectivity index (χ0) is 20.4. The molecule has 146 valence electrons. The average Bonchev–Trinajstić information content (AvgIpc) is 3.08. The fraction of sp³-hybridized carbons (Fsp3) is 0.182. The van der Waals surface area contributed by atoms with Gasteiger partial charge < -0.3 is 4.74 Å². The van der Waals surface area contributed by atoms with Gasteiger partial charge in [-0.05, 0) is 35.8 Å². The van der Waals surface area contributed by atoms with Crippen LogP contribution in [0, 0.1) is 0 Å². The molecule has 2 aromatic heterocycles. The van der Waals surface area contributed by atoms with Crippen LogP contribution in [0.25, 0.3) is 6.08 Å². The maximum absolute atomic E-state index is 13.3. The third kappa shape index (κ3) is 3.45. The fourth-order valence-corrected chi connectivity index (χ4v) is 4.45. The van der Waals surface area contributed by atoms with Gasteiger partial charge in [-0.25, -0.2) is 9.79 Å². The minimum absolute atomic E-state index is 0.184. The molecule has 4 rings (SSSR count). The third-order valence-electron chi connectivity index (χ3n) is 4.77. The molecule has 0 aliphatic carbocycles. The van der Waals surface area contributed by atoms with Crippen molar-refractivity contribution in [3.05, 3.63) is 96.9 Å². The van der Waals surface area contributed by atoms with E-state index in [9.17, 15) is 9.59 Å². The van der Waals surface area contributed by atoms with E-state index in [2.05, 4.69) is 9.98 Å². The number of nitrogens with zero attached hydrogens (tertiary/aromatic N) is 3. The Hall–Kier alpha value is -3.32. The van der Waals surface area contributed by atoms with Gasteiger partial charge in [0.1, 0.15) is 0 Å². The van der Waals surface area contributed by atoms with Gasteiger partial charge in [0, 0.05) is 12.4 Å². The smallest absolute Gasteiger partial charge is 0.338 e. The number of fused-ring (bicyclic) bond motifs is 1. The van der Waals surface area contributed by atoms with E-state index in [0.29, 0.717) is 27.0 Å². The standard InChI is InChI=1S/C22H19N3O3S/c1-3-16-18(21(27)28-2)19(15-7-5-4-6-8-15)25-20(26)17(29-22(25)24-16)13-14-9-11-23-12-10-14/h4-13,19H,3H2,1-2H3/b17-13-/t19-/m0/s1.